The lowest BCUT2D eigenvalue weighted by molar-refractivity contribution is -0.385. The summed E-state index contributed by atoms with van der Waals surface area (Å²) in [7, 11) is 0. The molecule has 3 aromatic carbocycles. The van der Waals surface area contributed by atoms with Gasteiger partial charge in [0.2, 0.25) is 0 Å². The first-order chi connectivity index (χ1) is 21.7. The van der Waals surface area contributed by atoms with E-state index in [-0.39, 0.29) is 33.6 Å². The number of hydrogen-bond donors (Lipinski definition) is 3. The Hall–Kier alpha value is -5.94. The average Bonchev–Trinajstić information content (AvgIpc) is 3.78. The van der Waals surface area contributed by atoms with Crippen molar-refractivity contribution < 1.29 is 15.0 Å². The summed E-state index contributed by atoms with van der Waals surface area (Å²) in [6, 6.07) is 20.9. The smallest absolute Gasteiger partial charge is 0.270 e. The Morgan fingerprint density at radius 3 is 2.29 bits per heavy atom. The molecule has 0 unspecified atom stereocenters. The zero-order valence-electron chi connectivity index (χ0n) is 22.8. The zero-order valence-corrected chi connectivity index (χ0v) is 24.5. The van der Waals surface area contributed by atoms with Crippen LogP contribution >= 0.6 is 24.0 Å². The van der Waals surface area contributed by atoms with Crippen molar-refractivity contribution in [3.63, 3.8) is 0 Å². The molecule has 1 aliphatic heterocycles. The summed E-state index contributed by atoms with van der Waals surface area (Å²) in [6.07, 6.45) is 1.65. The van der Waals surface area contributed by atoms with Crippen LogP contribution in [0, 0.1) is 20.2 Å². The fourth-order valence-electron chi connectivity index (χ4n) is 4.59. The molecule has 224 valence electrons. The summed E-state index contributed by atoms with van der Waals surface area (Å²) in [5.74, 6) is 0.350. The van der Waals surface area contributed by atoms with Crippen molar-refractivity contribution >= 4 is 51.5 Å². The lowest BCUT2D eigenvalue weighted by atomic mass is 10.0. The van der Waals surface area contributed by atoms with Gasteiger partial charge in [-0.25, -0.2) is 14.4 Å². The topological polar surface area (TPSA) is 205 Å². The number of aromatic hydroxyl groups is 1. The number of hydrogen-bond acceptors (Lipinski definition) is 10. The van der Waals surface area contributed by atoms with Crippen molar-refractivity contribution in [3.05, 3.63) is 105 Å². The van der Waals surface area contributed by atoms with Gasteiger partial charge in [-0.3, -0.25) is 25.7 Å². The lowest BCUT2D eigenvalue weighted by Gasteiger charge is -2.06. The minimum atomic E-state index is -0.541. The number of nitro benzene ring substituents is 2. The highest BCUT2D eigenvalue weighted by Crippen LogP contribution is 2.43. The number of benzene rings is 3. The van der Waals surface area contributed by atoms with Crippen LogP contribution in [0.4, 0.5) is 11.4 Å². The SMILES string of the molecule is NC(=S)N/N=C1\CSC(n2nc(-c3cn(-c4ccccc4)nc3-c3cccc([N+](=O)[O-])c3)c(O)c2-c2cccc([N+](=O)[O-])c2)=N1. The summed E-state index contributed by atoms with van der Waals surface area (Å²) in [5.41, 5.74) is 9.86. The largest absolute Gasteiger partial charge is 0.504 e. The summed E-state index contributed by atoms with van der Waals surface area (Å²) in [6.45, 7) is 0. The van der Waals surface area contributed by atoms with E-state index in [0.717, 1.165) is 0 Å². The van der Waals surface area contributed by atoms with Gasteiger partial charge in [-0.05, 0) is 24.4 Å². The summed E-state index contributed by atoms with van der Waals surface area (Å²) >= 11 is 6.07. The zero-order chi connectivity index (χ0) is 31.7. The molecule has 6 rings (SSSR count). The number of non-ortho nitro benzene ring substituents is 2. The van der Waals surface area contributed by atoms with Gasteiger partial charge in [0, 0.05) is 41.6 Å². The molecule has 1 aliphatic rings. The van der Waals surface area contributed by atoms with Crippen molar-refractivity contribution in [2.24, 2.45) is 15.8 Å². The van der Waals surface area contributed by atoms with Gasteiger partial charge in [-0.1, -0.05) is 54.2 Å². The second kappa shape index (κ2) is 12.0. The summed E-state index contributed by atoms with van der Waals surface area (Å²) in [4.78, 5) is 26.7. The van der Waals surface area contributed by atoms with Crippen molar-refractivity contribution in [3.8, 4) is 45.2 Å². The fraction of sp³-hybridized carbons (Fsp3) is 0.0357. The van der Waals surface area contributed by atoms with Crippen molar-refractivity contribution in [1.29, 1.82) is 0 Å². The number of nitro groups is 2. The Kier molecular flexibility index (Phi) is 7.76. The highest BCUT2D eigenvalue weighted by Gasteiger charge is 2.30. The summed E-state index contributed by atoms with van der Waals surface area (Å²) in [5, 5.41) is 48.8. The molecule has 0 saturated carbocycles. The van der Waals surface area contributed by atoms with Gasteiger partial charge in [0.1, 0.15) is 17.1 Å². The van der Waals surface area contributed by atoms with E-state index < -0.39 is 9.85 Å². The standard InChI is InChI=1S/C28H20N10O5S2/c29-27(44)32-31-22-15-45-28(30-22)36-25(17-7-5-11-20(13-17)38(42)43)26(39)24(34-36)21-14-35(18-8-2-1-3-9-18)33-23(21)16-6-4-10-19(12-16)37(40)41/h1-14,39H,15H2,(H3,29,32,44)/b31-22+. The molecular formula is C28H20N10O5S2. The van der Waals surface area contributed by atoms with Gasteiger partial charge in [-0.15, -0.1) is 0 Å². The molecule has 0 bridgehead atoms. The fourth-order valence-corrected chi connectivity index (χ4v) is 5.44. The summed E-state index contributed by atoms with van der Waals surface area (Å²) < 4.78 is 2.94. The van der Waals surface area contributed by atoms with Gasteiger partial charge in [0.05, 0.1) is 26.9 Å². The number of nitrogens with zero attached hydrogens (tertiary/aromatic N) is 8. The van der Waals surface area contributed by atoms with Crippen LogP contribution in [0.2, 0.25) is 0 Å². The molecule has 5 aromatic rings. The first-order valence-electron chi connectivity index (χ1n) is 13.0. The first-order valence-corrected chi connectivity index (χ1v) is 14.4. The molecule has 3 heterocycles. The van der Waals surface area contributed by atoms with E-state index in [1.165, 1.54) is 52.8 Å². The molecule has 0 saturated heterocycles. The van der Waals surface area contributed by atoms with Crippen LogP contribution in [-0.4, -0.2) is 56.4 Å². The van der Waals surface area contributed by atoms with Gasteiger partial charge >= 0.3 is 0 Å². The number of aromatic nitrogens is 4. The maximum absolute atomic E-state index is 11.8. The Morgan fingerprint density at radius 2 is 1.62 bits per heavy atom. The van der Waals surface area contributed by atoms with Crippen LogP contribution in [0.15, 0.2) is 95.2 Å². The number of nitrogens with one attached hydrogen (secondary N) is 1. The van der Waals surface area contributed by atoms with Crippen LogP contribution in [0.5, 0.6) is 5.75 Å². The molecule has 0 aliphatic carbocycles. The van der Waals surface area contributed by atoms with E-state index in [2.05, 4.69) is 15.5 Å². The maximum atomic E-state index is 11.8. The van der Waals surface area contributed by atoms with Crippen LogP contribution < -0.4 is 11.2 Å². The van der Waals surface area contributed by atoms with Crippen LogP contribution in [0.3, 0.4) is 0 Å². The Balaban J connectivity index is 1.59. The number of amidine groups is 1. The van der Waals surface area contributed by atoms with Gasteiger partial charge < -0.3 is 10.8 Å². The van der Waals surface area contributed by atoms with E-state index >= 15 is 0 Å². The molecule has 17 heteroatoms. The van der Waals surface area contributed by atoms with E-state index in [1.54, 1.807) is 23.0 Å². The van der Waals surface area contributed by atoms with E-state index in [0.29, 0.717) is 44.8 Å². The molecule has 0 atom stereocenters. The van der Waals surface area contributed by atoms with E-state index in [4.69, 9.17) is 28.1 Å². The Bertz CT molecular complexity index is 2060. The average molecular weight is 641 g/mol. The number of nitrogens with two attached hydrogens (primary N) is 1. The molecule has 15 nitrogen and oxygen atoms in total. The van der Waals surface area contributed by atoms with Crippen molar-refractivity contribution in [2.75, 3.05) is 5.75 Å². The highest BCUT2D eigenvalue weighted by molar-refractivity contribution is 8.14. The molecule has 45 heavy (non-hydrogen) atoms. The predicted octanol–water partition coefficient (Wildman–Crippen LogP) is 4.69. The number of hydrazone groups is 1. The quantitative estimate of drug-likeness (QED) is 0.126. The second-order valence-electron chi connectivity index (χ2n) is 9.43. The Labute approximate surface area is 263 Å². The van der Waals surface area contributed by atoms with Gasteiger partial charge in [-0.2, -0.15) is 15.3 Å². The van der Waals surface area contributed by atoms with Gasteiger partial charge in [0.25, 0.3) is 11.4 Å². The molecule has 0 amide bonds. The van der Waals surface area contributed by atoms with E-state index in [9.17, 15) is 25.3 Å². The van der Waals surface area contributed by atoms with Crippen LogP contribution in [0.1, 0.15) is 0 Å². The minimum Gasteiger partial charge on any atom is -0.504 e. The van der Waals surface area contributed by atoms with Gasteiger partial charge in [0.15, 0.2) is 21.9 Å². The number of thioether (sulfide) groups is 1. The number of para-hydroxylation sites is 1. The molecule has 2 aromatic heterocycles. The van der Waals surface area contributed by atoms with Crippen LogP contribution in [-0.2, 0) is 0 Å². The molecule has 0 fully saturated rings. The molecule has 4 N–H and O–H groups in total. The normalized spacial score (nSPS) is 13.5. The Morgan fingerprint density at radius 1 is 0.956 bits per heavy atom. The van der Waals surface area contributed by atoms with E-state index in [1.807, 2.05) is 30.3 Å². The third kappa shape index (κ3) is 5.84. The van der Waals surface area contributed by atoms with Crippen LogP contribution in [0.25, 0.3) is 39.5 Å². The minimum absolute atomic E-state index is 0.0449. The number of thiocarbonyl (C=S) groups is 1. The lowest BCUT2D eigenvalue weighted by Crippen LogP contribution is -2.25. The number of aliphatic imine (C=N–C) groups is 1. The molecule has 0 spiro atoms. The number of rotatable bonds is 7. The third-order valence-electron chi connectivity index (χ3n) is 6.54. The predicted molar refractivity (Wildman–Crippen MR) is 173 cm³/mol. The van der Waals surface area contributed by atoms with Crippen molar-refractivity contribution in [1.82, 2.24) is 25.0 Å². The molecular weight excluding hydrogens is 621 g/mol. The maximum Gasteiger partial charge on any atom is 0.270 e. The van der Waals surface area contributed by atoms with Crippen molar-refractivity contribution in [2.45, 2.75) is 0 Å². The second-order valence-corrected chi connectivity index (χ2v) is 10.8. The molecule has 0 radical (unpaired) electrons. The monoisotopic (exact) mass is 640 g/mol. The highest BCUT2D eigenvalue weighted by atomic mass is 32.2. The third-order valence-corrected chi connectivity index (χ3v) is 7.56. The first kappa shape index (κ1) is 29.1.